The Morgan fingerprint density at radius 1 is 0.676 bits per heavy atom. The van der Waals surface area contributed by atoms with Gasteiger partial charge in [0.25, 0.3) is 0 Å². The number of hydrogen-bond donors (Lipinski definition) is 8. The van der Waals surface area contributed by atoms with Crippen molar-refractivity contribution in [3.05, 3.63) is 0 Å². The van der Waals surface area contributed by atoms with Gasteiger partial charge in [0, 0.05) is 6.42 Å². The molecule has 0 saturated heterocycles. The molecule has 0 heterocycles. The topological polar surface area (TPSA) is 263 Å². The van der Waals surface area contributed by atoms with E-state index in [0.717, 1.165) is 0 Å². The molecule has 34 heavy (non-hydrogen) atoms. The highest BCUT2D eigenvalue weighted by Gasteiger charge is 2.32. The maximum Gasteiger partial charge on any atom is 0.326 e. The minimum atomic E-state index is -1.75. The number of carbonyl (C=O) groups excluding carboxylic acids is 3. The number of nitrogens with one attached hydrogen (secondary N) is 3. The Morgan fingerprint density at radius 3 is 1.59 bits per heavy atom. The van der Waals surface area contributed by atoms with Gasteiger partial charge in [-0.2, -0.15) is 0 Å². The summed E-state index contributed by atoms with van der Waals surface area (Å²) in [4.78, 5) is 81.3. The number of aliphatic carboxylic acids is 4. The van der Waals surface area contributed by atoms with Crippen LogP contribution in [0.4, 0.5) is 0 Å². The van der Waals surface area contributed by atoms with Crippen LogP contribution < -0.4 is 21.7 Å². The smallest absolute Gasteiger partial charge is 0.326 e. The highest BCUT2D eigenvalue weighted by Crippen LogP contribution is 2.08. The molecule has 0 rings (SSSR count). The largest absolute Gasteiger partial charge is 0.481 e. The van der Waals surface area contributed by atoms with Gasteiger partial charge < -0.3 is 42.1 Å². The fraction of sp³-hybridized carbons (Fsp3) is 0.632. The van der Waals surface area contributed by atoms with Crippen molar-refractivity contribution in [1.82, 2.24) is 16.0 Å². The lowest BCUT2D eigenvalue weighted by Gasteiger charge is -2.25. The normalized spacial score (nSPS) is 14.2. The van der Waals surface area contributed by atoms with E-state index in [9.17, 15) is 33.6 Å². The minimum Gasteiger partial charge on any atom is -0.481 e. The third kappa shape index (κ3) is 12.3. The number of carboxylic acid groups (broad SMARTS) is 4. The van der Waals surface area contributed by atoms with E-state index in [1.165, 1.54) is 0 Å². The lowest BCUT2D eigenvalue weighted by molar-refractivity contribution is -0.144. The summed E-state index contributed by atoms with van der Waals surface area (Å²) in [5, 5.41) is 42.1. The number of nitrogens with two attached hydrogens (primary N) is 1. The molecule has 0 radical (unpaired) electrons. The summed E-state index contributed by atoms with van der Waals surface area (Å²) in [5.41, 5.74) is 5.48. The third-order valence-corrected chi connectivity index (χ3v) is 4.34. The Bertz CT molecular complexity index is 799. The molecule has 3 amide bonds. The van der Waals surface area contributed by atoms with E-state index in [1.807, 2.05) is 5.32 Å². The molecule has 0 aromatic heterocycles. The molecule has 0 aliphatic heterocycles. The van der Waals surface area contributed by atoms with Crippen molar-refractivity contribution < 1.29 is 54.0 Å². The second-order valence-corrected chi connectivity index (χ2v) is 7.89. The van der Waals surface area contributed by atoms with Crippen LogP contribution in [-0.2, 0) is 33.6 Å². The number of carbonyl (C=O) groups is 7. The maximum absolute atomic E-state index is 12.7. The Kier molecular flexibility index (Phi) is 12.8. The van der Waals surface area contributed by atoms with Crippen molar-refractivity contribution in [3.63, 3.8) is 0 Å². The second kappa shape index (κ2) is 14.4. The number of amides is 3. The number of carboxylic acids is 4. The number of hydrogen-bond acceptors (Lipinski definition) is 8. The van der Waals surface area contributed by atoms with Crippen LogP contribution in [0.5, 0.6) is 0 Å². The van der Waals surface area contributed by atoms with Crippen molar-refractivity contribution in [2.75, 3.05) is 0 Å². The van der Waals surface area contributed by atoms with E-state index in [4.69, 9.17) is 26.2 Å². The zero-order chi connectivity index (χ0) is 26.6. The highest BCUT2D eigenvalue weighted by atomic mass is 16.4. The van der Waals surface area contributed by atoms with Gasteiger partial charge in [0.05, 0.1) is 18.9 Å². The van der Waals surface area contributed by atoms with Crippen LogP contribution in [0, 0.1) is 5.92 Å². The lowest BCUT2D eigenvalue weighted by Crippen LogP contribution is -2.57. The molecule has 192 valence electrons. The quantitative estimate of drug-likeness (QED) is 0.114. The van der Waals surface area contributed by atoms with Gasteiger partial charge in [-0.05, 0) is 18.8 Å². The Morgan fingerprint density at radius 2 is 1.15 bits per heavy atom. The van der Waals surface area contributed by atoms with Gasteiger partial charge in [0.1, 0.15) is 18.1 Å². The first kappa shape index (κ1) is 30.2. The molecule has 0 saturated carbocycles. The van der Waals surface area contributed by atoms with Crippen molar-refractivity contribution in [2.24, 2.45) is 11.7 Å². The summed E-state index contributed by atoms with van der Waals surface area (Å²) in [6.07, 6.45) is -2.71. The molecule has 15 nitrogen and oxygen atoms in total. The van der Waals surface area contributed by atoms with Gasteiger partial charge in [0.2, 0.25) is 17.7 Å². The third-order valence-electron chi connectivity index (χ3n) is 4.34. The molecule has 4 atom stereocenters. The van der Waals surface area contributed by atoms with Crippen molar-refractivity contribution in [3.8, 4) is 0 Å². The molecule has 0 aliphatic carbocycles. The van der Waals surface area contributed by atoms with Crippen LogP contribution in [0.3, 0.4) is 0 Å². The molecule has 0 aromatic carbocycles. The Hall–Kier alpha value is -3.75. The van der Waals surface area contributed by atoms with E-state index in [1.54, 1.807) is 13.8 Å². The van der Waals surface area contributed by atoms with E-state index in [-0.39, 0.29) is 12.3 Å². The van der Waals surface area contributed by atoms with Crippen LogP contribution in [0.2, 0.25) is 0 Å². The van der Waals surface area contributed by atoms with E-state index < -0.39 is 91.4 Å². The number of rotatable bonds is 16. The first-order valence-electron chi connectivity index (χ1n) is 10.2. The predicted molar refractivity (Wildman–Crippen MR) is 112 cm³/mol. The van der Waals surface area contributed by atoms with Gasteiger partial charge >= 0.3 is 23.9 Å². The molecular weight excluding hydrogens is 460 g/mol. The van der Waals surface area contributed by atoms with Gasteiger partial charge in [-0.1, -0.05) is 13.8 Å². The fourth-order valence-electron chi connectivity index (χ4n) is 2.72. The van der Waals surface area contributed by atoms with E-state index in [2.05, 4.69) is 10.6 Å². The average molecular weight is 490 g/mol. The molecule has 0 aromatic rings. The lowest BCUT2D eigenvalue weighted by atomic mass is 10.0. The SMILES string of the molecule is CC(C)CC(NC(=O)C(N)CC(=O)O)C(=O)NC(CC(=O)O)C(=O)NC(CCC(=O)O)C(=O)O. The minimum absolute atomic E-state index is 0.0230. The summed E-state index contributed by atoms with van der Waals surface area (Å²) >= 11 is 0. The monoisotopic (exact) mass is 490 g/mol. The van der Waals surface area contributed by atoms with Gasteiger partial charge in [-0.25, -0.2) is 4.79 Å². The second-order valence-electron chi connectivity index (χ2n) is 7.89. The zero-order valence-electron chi connectivity index (χ0n) is 18.6. The molecule has 0 bridgehead atoms. The Balaban J connectivity index is 5.54. The molecular formula is C19H30N4O11. The molecule has 0 spiro atoms. The fourth-order valence-corrected chi connectivity index (χ4v) is 2.72. The molecule has 4 unspecified atom stereocenters. The van der Waals surface area contributed by atoms with Crippen LogP contribution in [0.15, 0.2) is 0 Å². The predicted octanol–water partition coefficient (Wildman–Crippen LogP) is -2.29. The first-order chi connectivity index (χ1) is 15.6. The van der Waals surface area contributed by atoms with Crippen LogP contribution >= 0.6 is 0 Å². The summed E-state index contributed by atoms with van der Waals surface area (Å²) < 4.78 is 0. The average Bonchev–Trinajstić information content (AvgIpc) is 2.68. The molecule has 0 fully saturated rings. The molecule has 15 heteroatoms. The van der Waals surface area contributed by atoms with Gasteiger partial charge in [-0.3, -0.25) is 28.8 Å². The van der Waals surface area contributed by atoms with E-state index in [0.29, 0.717) is 0 Å². The van der Waals surface area contributed by atoms with Crippen molar-refractivity contribution in [2.45, 2.75) is 70.1 Å². The summed E-state index contributed by atoms with van der Waals surface area (Å²) in [6, 6.07) is -6.18. The molecule has 0 aliphatic rings. The van der Waals surface area contributed by atoms with Crippen LogP contribution in [-0.4, -0.2) is 86.2 Å². The maximum atomic E-state index is 12.7. The molecule has 9 N–H and O–H groups in total. The summed E-state index contributed by atoms with van der Waals surface area (Å²) in [7, 11) is 0. The first-order valence-corrected chi connectivity index (χ1v) is 10.2. The van der Waals surface area contributed by atoms with Crippen molar-refractivity contribution >= 4 is 41.6 Å². The van der Waals surface area contributed by atoms with Crippen molar-refractivity contribution in [1.29, 1.82) is 0 Å². The summed E-state index contributed by atoms with van der Waals surface area (Å²) in [5.74, 6) is -9.04. The van der Waals surface area contributed by atoms with E-state index >= 15 is 0 Å². The standard InChI is InChI=1S/C19H30N4O11/c1-8(2)5-11(22-16(30)9(20)6-14(26)27)17(31)23-12(7-15(28)29)18(32)21-10(19(33)34)3-4-13(24)25/h8-12H,3-7,20H2,1-2H3,(H,21,32)(H,22,30)(H,23,31)(H,24,25)(H,26,27)(H,28,29)(H,33,34). The van der Waals surface area contributed by atoms with Gasteiger partial charge in [0.15, 0.2) is 0 Å². The highest BCUT2D eigenvalue weighted by molar-refractivity contribution is 5.96. The van der Waals surface area contributed by atoms with Crippen LogP contribution in [0.25, 0.3) is 0 Å². The zero-order valence-corrected chi connectivity index (χ0v) is 18.6. The van der Waals surface area contributed by atoms with Gasteiger partial charge in [-0.15, -0.1) is 0 Å². The summed E-state index contributed by atoms with van der Waals surface area (Å²) in [6.45, 7) is 3.40. The Labute approximate surface area is 194 Å². The van der Waals surface area contributed by atoms with Crippen LogP contribution in [0.1, 0.15) is 46.0 Å².